The maximum Gasteiger partial charge on any atom is 0.338 e. The van der Waals surface area contributed by atoms with Crippen molar-refractivity contribution >= 4 is 65.7 Å². The van der Waals surface area contributed by atoms with Crippen molar-refractivity contribution in [1.82, 2.24) is 0 Å². The summed E-state index contributed by atoms with van der Waals surface area (Å²) in [5, 5.41) is 0. The van der Waals surface area contributed by atoms with Crippen LogP contribution in [0.4, 0.5) is 0 Å². The Hall–Kier alpha value is -7.27. The van der Waals surface area contributed by atoms with Gasteiger partial charge in [-0.15, -0.1) is 0 Å². The van der Waals surface area contributed by atoms with Crippen molar-refractivity contribution < 1.29 is 152 Å². The largest absolute Gasteiger partial charge is 0.463 e. The van der Waals surface area contributed by atoms with Gasteiger partial charge < -0.3 is 99.5 Å². The highest BCUT2D eigenvalue weighted by molar-refractivity contribution is 5.89. The predicted molar refractivity (Wildman–Crippen MR) is 380 cm³/mol. The molecule has 0 bridgehead atoms. The summed E-state index contributed by atoms with van der Waals surface area (Å²) in [6.07, 6.45) is -25.1. The third-order valence-corrected chi connectivity index (χ3v) is 23.9. The van der Waals surface area contributed by atoms with Crippen LogP contribution in [0.3, 0.4) is 0 Å². The molecule has 1 aromatic rings. The molecule has 6 heterocycles. The van der Waals surface area contributed by atoms with Gasteiger partial charge in [0.1, 0.15) is 37.6 Å². The second kappa shape index (κ2) is 35.0. The van der Waals surface area contributed by atoms with Gasteiger partial charge in [0.25, 0.3) is 0 Å². The zero-order valence-corrected chi connectivity index (χ0v) is 66.8. The van der Waals surface area contributed by atoms with Crippen molar-refractivity contribution in [3.05, 3.63) is 47.5 Å². The van der Waals surface area contributed by atoms with E-state index in [-0.39, 0.29) is 28.4 Å². The number of allylic oxidation sites excluding steroid dienone is 1. The van der Waals surface area contributed by atoms with Crippen LogP contribution in [0.1, 0.15) is 186 Å². The normalized spacial score (nSPS) is 40.1. The molecule has 1 aromatic carbocycles. The number of carbonyl (C=O) groups is 11. The van der Waals surface area contributed by atoms with E-state index in [9.17, 15) is 47.9 Å². The first-order valence-corrected chi connectivity index (χ1v) is 38.9. The van der Waals surface area contributed by atoms with E-state index in [1.165, 1.54) is 24.6 Å². The van der Waals surface area contributed by atoms with Crippen molar-refractivity contribution in [3.8, 4) is 0 Å². The molecular weight excluding hydrogens is 1470 g/mol. The minimum absolute atomic E-state index is 0.0269. The van der Waals surface area contributed by atoms with Gasteiger partial charge in [0, 0.05) is 74.7 Å². The summed E-state index contributed by atoms with van der Waals surface area (Å²) in [6, 6.07) is 7.89. The van der Waals surface area contributed by atoms with Crippen LogP contribution in [-0.4, -0.2) is 227 Å². The summed E-state index contributed by atoms with van der Waals surface area (Å²) in [5.74, 6) is -8.68. The second-order valence-corrected chi connectivity index (χ2v) is 33.1. The van der Waals surface area contributed by atoms with Gasteiger partial charge in [-0.1, -0.05) is 57.5 Å². The maximum absolute atomic E-state index is 15.3. The molecule has 112 heavy (non-hydrogen) atoms. The summed E-state index contributed by atoms with van der Waals surface area (Å²) in [7, 11) is 0. The molecule has 0 aromatic heterocycles. The van der Waals surface area contributed by atoms with Crippen LogP contribution in [0.2, 0.25) is 0 Å². The van der Waals surface area contributed by atoms with Crippen LogP contribution in [0.25, 0.3) is 0 Å². The minimum atomic E-state index is -2.16. The minimum Gasteiger partial charge on any atom is -0.463 e. The van der Waals surface area contributed by atoms with Crippen molar-refractivity contribution in [2.45, 2.75) is 310 Å². The number of benzene rings is 1. The van der Waals surface area contributed by atoms with E-state index >= 15 is 4.79 Å². The Morgan fingerprint density at radius 3 is 1.62 bits per heavy atom. The molecule has 0 amide bonds. The molecule has 4 aliphatic carbocycles. The van der Waals surface area contributed by atoms with E-state index in [1.807, 2.05) is 0 Å². The molecule has 6 saturated heterocycles. The summed E-state index contributed by atoms with van der Waals surface area (Å²) in [5.41, 5.74) is -0.404. The van der Waals surface area contributed by atoms with Gasteiger partial charge in [-0.05, 0) is 132 Å². The van der Waals surface area contributed by atoms with Crippen molar-refractivity contribution in [3.63, 3.8) is 0 Å². The molecule has 30 atom stereocenters. The molecule has 32 heteroatoms. The zero-order valence-electron chi connectivity index (χ0n) is 66.8. The monoisotopic (exact) mass is 1580 g/mol. The lowest BCUT2D eigenvalue weighted by Gasteiger charge is -2.59. The quantitative estimate of drug-likeness (QED) is 0.0625. The summed E-state index contributed by atoms with van der Waals surface area (Å²) < 4.78 is 134. The highest BCUT2D eigenvalue weighted by atomic mass is 16.8. The topological polar surface area (TPSA) is 382 Å². The molecular formula is C80H110O32. The molecule has 3 saturated carbocycles. The van der Waals surface area contributed by atoms with Crippen molar-refractivity contribution in [2.24, 2.45) is 51.8 Å². The first kappa shape index (κ1) is 85.6. The van der Waals surface area contributed by atoms with Gasteiger partial charge >= 0.3 is 65.7 Å². The van der Waals surface area contributed by atoms with E-state index in [4.69, 9.17) is 99.5 Å². The number of esters is 11. The fourth-order valence-corrected chi connectivity index (χ4v) is 19.1. The van der Waals surface area contributed by atoms with Gasteiger partial charge in [0.05, 0.1) is 42.5 Å². The van der Waals surface area contributed by atoms with Crippen LogP contribution in [-0.2, 0) is 147 Å². The Bertz CT molecular complexity index is 3640. The van der Waals surface area contributed by atoms with Gasteiger partial charge in [-0.3, -0.25) is 47.9 Å². The van der Waals surface area contributed by atoms with Gasteiger partial charge in [0.2, 0.25) is 0 Å². The Balaban J connectivity index is 1.02. The fraction of sp³-hybridized carbons (Fsp3) is 0.762. The summed E-state index contributed by atoms with van der Waals surface area (Å²) in [4.78, 5) is 148. The number of rotatable bonds is 22. The molecule has 6 aliphatic heterocycles. The highest BCUT2D eigenvalue weighted by Gasteiger charge is 2.70. The molecule has 11 rings (SSSR count). The zero-order chi connectivity index (χ0) is 81.4. The van der Waals surface area contributed by atoms with Crippen LogP contribution in [0.15, 0.2) is 42.0 Å². The molecule has 32 nitrogen and oxygen atoms in total. The Morgan fingerprint density at radius 2 is 1.02 bits per heavy atom. The third kappa shape index (κ3) is 18.8. The standard InChI is InChI=1S/C80H110O32/c1-37-25-30-80(95-33-37)38(2)59-55(112-80)32-54-52-24-23-50-31-51(26-28-78(50,16)53(52)27-29-79(54,59)17)105-74-70(110-73-68(103-47(11)88)64(101-45(9)86)60(39(3)96-73)98-42(6)83)66(111-76(91)77(13,14)15)62(58(106-74)35-93-71(90)49-21-19-18-20-22-49)108-75-69(104-48(12)89)65(61(99-43(7)84)57(107-75)34-92-40(4)81)109-72-67(102-46(10)87)63(100-44(8)85)56(36-94-72)97-41(5)82/h18-23,37-39,51-70,72-75H,24-36H2,1-17H3/t37-,38+,39+,51+,52-,53+,54+,55+,56-,57-,58-,59+,60+,61-,62-,63+,64-,65+,66+,67-,68-,69-,70-,72+,73+,74-,75+,78+,79+,80-/m1/s1. The summed E-state index contributed by atoms with van der Waals surface area (Å²) >= 11 is 0. The van der Waals surface area contributed by atoms with E-state index < -0.39 is 220 Å². The Labute approximate surface area is 651 Å². The van der Waals surface area contributed by atoms with Crippen molar-refractivity contribution in [2.75, 3.05) is 26.4 Å². The molecule has 0 N–H and O–H groups in total. The van der Waals surface area contributed by atoms with Crippen LogP contribution < -0.4 is 0 Å². The average molecular weight is 1580 g/mol. The van der Waals surface area contributed by atoms with Gasteiger partial charge in [-0.25, -0.2) is 4.79 Å². The Morgan fingerprint density at radius 1 is 0.491 bits per heavy atom. The van der Waals surface area contributed by atoms with E-state index in [0.717, 1.165) is 101 Å². The molecule has 622 valence electrons. The number of hydrogen-bond acceptors (Lipinski definition) is 32. The molecule has 0 unspecified atom stereocenters. The Kier molecular flexibility index (Phi) is 26.8. The molecule has 0 radical (unpaired) electrons. The van der Waals surface area contributed by atoms with Gasteiger partial charge in [-0.2, -0.15) is 0 Å². The van der Waals surface area contributed by atoms with Gasteiger partial charge in [0.15, 0.2) is 92.0 Å². The number of carbonyl (C=O) groups excluding carboxylic acids is 11. The van der Waals surface area contributed by atoms with E-state index in [0.29, 0.717) is 55.5 Å². The predicted octanol–water partition coefficient (Wildman–Crippen LogP) is 7.28. The molecule has 10 aliphatic rings. The highest BCUT2D eigenvalue weighted by Crippen LogP contribution is 2.71. The third-order valence-electron chi connectivity index (χ3n) is 23.9. The van der Waals surface area contributed by atoms with Crippen molar-refractivity contribution in [1.29, 1.82) is 0 Å². The lowest BCUT2D eigenvalue weighted by atomic mass is 9.47. The summed E-state index contributed by atoms with van der Waals surface area (Å²) in [6.45, 7) is 23.4. The van der Waals surface area contributed by atoms with E-state index in [2.05, 4.69) is 33.8 Å². The number of ether oxygens (including phenoxy) is 21. The first-order valence-electron chi connectivity index (χ1n) is 38.9. The van der Waals surface area contributed by atoms with Crippen LogP contribution in [0, 0.1) is 51.8 Å². The van der Waals surface area contributed by atoms with E-state index in [1.54, 1.807) is 39.0 Å². The SMILES string of the molecule is CC(=O)OC[C@H]1O[C@@H](O[C@H]2[C@H](OC(=O)C(C)(C)C)[C@@H](O[C@@H]3O[C@@H](C)[C@H](OC(C)=O)[C@@H](OC(C)=O)[C@H]3OC(C)=O)[C@H](O[C@H]3CC[C@@]4(C)C(=CC[C@H]5[C@@H]6C[C@@H]7O[C@]8(CC[C@@H](C)CO8)[C@@H](C)[C@@H]7[C@@]6(C)CC[C@@H]54)C3)O[C@@H]2COC(=O)c2ccccc2)[C@H](OC(C)=O)[C@@H](O[C@@H]2OC[C@@H](OC(C)=O)[C@H](OC(C)=O)[C@H]2OC(C)=O)[C@@H]1OC(C)=O. The lowest BCUT2D eigenvalue weighted by molar-refractivity contribution is -0.395. The van der Waals surface area contributed by atoms with Crippen LogP contribution in [0.5, 0.6) is 0 Å². The first-order chi connectivity index (χ1) is 52.8. The average Bonchev–Trinajstić information content (AvgIpc) is 1.56. The maximum atomic E-state index is 15.3. The lowest BCUT2D eigenvalue weighted by Crippen LogP contribution is -2.69. The smallest absolute Gasteiger partial charge is 0.338 e. The second-order valence-electron chi connectivity index (χ2n) is 33.1. The molecule has 9 fully saturated rings. The molecule has 1 spiro atoms. The fourth-order valence-electron chi connectivity index (χ4n) is 19.1. The van der Waals surface area contributed by atoms with Crippen LogP contribution >= 0.6 is 0 Å². The number of fused-ring (bicyclic) bond motifs is 7. The number of hydrogen-bond donors (Lipinski definition) is 0.